The summed E-state index contributed by atoms with van der Waals surface area (Å²) in [6.07, 6.45) is 2.66. The lowest BCUT2D eigenvalue weighted by Crippen LogP contribution is -2.38. The van der Waals surface area contributed by atoms with Gasteiger partial charge in [-0.05, 0) is 58.8 Å². The van der Waals surface area contributed by atoms with Crippen LogP contribution in [-0.2, 0) is 12.8 Å². The third kappa shape index (κ3) is 0.949. The van der Waals surface area contributed by atoms with Gasteiger partial charge in [0.05, 0.1) is 0 Å². The topological polar surface area (TPSA) is 0 Å². The third-order valence-corrected chi connectivity index (χ3v) is 5.60. The van der Waals surface area contributed by atoms with E-state index in [2.05, 4.69) is 48.5 Å². The van der Waals surface area contributed by atoms with Crippen LogP contribution >= 0.6 is 0 Å². The summed E-state index contributed by atoms with van der Waals surface area (Å²) in [6.45, 7) is 0. The van der Waals surface area contributed by atoms with Crippen molar-refractivity contribution in [2.75, 3.05) is 0 Å². The smallest absolute Gasteiger partial charge is 0.00529 e. The third-order valence-electron chi connectivity index (χ3n) is 5.60. The van der Waals surface area contributed by atoms with Gasteiger partial charge in [-0.1, -0.05) is 48.5 Å². The summed E-state index contributed by atoms with van der Waals surface area (Å²) >= 11 is 0. The molecule has 4 atom stereocenters. The fourth-order valence-corrected chi connectivity index (χ4v) is 4.92. The molecule has 2 aromatic rings. The fraction of sp³-hybridized carbons (Fsp3) is 0.333. The SMILES string of the molecule is c1ccc2c(c1)C[C@@H]1[C@@H]3Cc4ccccc4[C@H]3[C@H]21. The first kappa shape index (κ1) is 9.38. The number of rotatable bonds is 0. The van der Waals surface area contributed by atoms with Crippen molar-refractivity contribution < 1.29 is 0 Å². The molecule has 0 N–H and O–H groups in total. The Kier molecular flexibility index (Phi) is 1.59. The van der Waals surface area contributed by atoms with E-state index in [-0.39, 0.29) is 0 Å². The highest BCUT2D eigenvalue weighted by atomic mass is 14.6. The molecule has 0 amide bonds. The molecule has 1 fully saturated rings. The maximum absolute atomic E-state index is 2.37. The molecular formula is C18H16. The molecule has 5 rings (SSSR count). The molecule has 0 aliphatic heterocycles. The number of hydrogen-bond donors (Lipinski definition) is 0. The Bertz CT molecular complexity index is 582. The zero-order valence-electron chi connectivity index (χ0n) is 10.3. The average Bonchev–Trinajstić information content (AvgIpc) is 2.89. The first-order valence-electron chi connectivity index (χ1n) is 7.09. The highest BCUT2D eigenvalue weighted by Crippen LogP contribution is 2.66. The van der Waals surface area contributed by atoms with E-state index in [0.29, 0.717) is 0 Å². The molecule has 3 aliphatic rings. The van der Waals surface area contributed by atoms with Crippen LogP contribution in [0.1, 0.15) is 34.1 Å². The van der Waals surface area contributed by atoms with E-state index >= 15 is 0 Å². The van der Waals surface area contributed by atoms with Crippen molar-refractivity contribution in [3.63, 3.8) is 0 Å². The Morgan fingerprint density at radius 3 is 1.56 bits per heavy atom. The van der Waals surface area contributed by atoms with Gasteiger partial charge in [0, 0.05) is 0 Å². The average molecular weight is 232 g/mol. The predicted molar refractivity (Wildman–Crippen MR) is 72.8 cm³/mol. The lowest BCUT2D eigenvalue weighted by molar-refractivity contribution is 0.123. The molecule has 0 heteroatoms. The summed E-state index contributed by atoms with van der Waals surface area (Å²) < 4.78 is 0. The van der Waals surface area contributed by atoms with E-state index in [1.807, 2.05) is 0 Å². The summed E-state index contributed by atoms with van der Waals surface area (Å²) in [5.74, 6) is 3.52. The maximum Gasteiger partial charge on any atom is -0.00529 e. The first-order valence-corrected chi connectivity index (χ1v) is 7.09. The van der Waals surface area contributed by atoms with Gasteiger partial charge in [-0.3, -0.25) is 0 Å². The standard InChI is InChI=1S/C18H16/c1-3-7-13-11(5-1)9-15-16-10-12-6-2-4-8-14(12)18(16)17(13)15/h1-8,15-18H,9-10H2/t15-,16+,17-,18-/m1/s1. The molecule has 0 spiro atoms. The van der Waals surface area contributed by atoms with E-state index in [1.165, 1.54) is 12.8 Å². The molecule has 88 valence electrons. The predicted octanol–water partition coefficient (Wildman–Crippen LogP) is 3.91. The van der Waals surface area contributed by atoms with E-state index < -0.39 is 0 Å². The van der Waals surface area contributed by atoms with Crippen LogP contribution in [0.2, 0.25) is 0 Å². The first-order chi connectivity index (χ1) is 8.93. The second-order valence-electron chi connectivity index (χ2n) is 6.19. The van der Waals surface area contributed by atoms with Crippen molar-refractivity contribution in [2.45, 2.75) is 24.7 Å². The molecule has 18 heavy (non-hydrogen) atoms. The highest BCUT2D eigenvalue weighted by molar-refractivity contribution is 5.50. The summed E-state index contributed by atoms with van der Waals surface area (Å²) in [5.41, 5.74) is 6.56. The van der Waals surface area contributed by atoms with Crippen LogP contribution in [0, 0.1) is 11.8 Å². The van der Waals surface area contributed by atoms with Crippen molar-refractivity contribution >= 4 is 0 Å². The second-order valence-corrected chi connectivity index (χ2v) is 6.19. The molecule has 0 aromatic heterocycles. The Morgan fingerprint density at radius 1 is 0.611 bits per heavy atom. The Morgan fingerprint density at radius 2 is 1.06 bits per heavy atom. The molecule has 0 bridgehead atoms. The summed E-state index contributed by atoms with van der Waals surface area (Å²) in [6, 6.07) is 18.3. The van der Waals surface area contributed by atoms with Gasteiger partial charge in [0.1, 0.15) is 0 Å². The summed E-state index contributed by atoms with van der Waals surface area (Å²) in [5, 5.41) is 0. The second kappa shape index (κ2) is 3.06. The minimum atomic E-state index is 0.829. The lowest BCUT2D eigenvalue weighted by Gasteiger charge is -2.46. The van der Waals surface area contributed by atoms with Crippen LogP contribution in [0.25, 0.3) is 0 Å². The Hall–Kier alpha value is -1.56. The Balaban J connectivity index is 1.66. The zero-order chi connectivity index (χ0) is 11.7. The number of hydrogen-bond acceptors (Lipinski definition) is 0. The van der Waals surface area contributed by atoms with Crippen molar-refractivity contribution in [3.8, 4) is 0 Å². The minimum Gasteiger partial charge on any atom is -0.0620 e. The molecule has 1 saturated carbocycles. The van der Waals surface area contributed by atoms with Gasteiger partial charge in [0.2, 0.25) is 0 Å². The van der Waals surface area contributed by atoms with Crippen LogP contribution in [0.3, 0.4) is 0 Å². The van der Waals surface area contributed by atoms with Crippen LogP contribution in [-0.4, -0.2) is 0 Å². The van der Waals surface area contributed by atoms with Gasteiger partial charge < -0.3 is 0 Å². The van der Waals surface area contributed by atoms with E-state index in [1.54, 1.807) is 22.3 Å². The molecule has 0 radical (unpaired) electrons. The van der Waals surface area contributed by atoms with Crippen molar-refractivity contribution in [1.82, 2.24) is 0 Å². The van der Waals surface area contributed by atoms with Crippen LogP contribution < -0.4 is 0 Å². The summed E-state index contributed by atoms with van der Waals surface area (Å²) in [4.78, 5) is 0. The van der Waals surface area contributed by atoms with Crippen LogP contribution in [0.5, 0.6) is 0 Å². The van der Waals surface area contributed by atoms with E-state index in [0.717, 1.165) is 23.7 Å². The van der Waals surface area contributed by atoms with Crippen molar-refractivity contribution in [3.05, 3.63) is 70.8 Å². The number of fused-ring (bicyclic) bond motifs is 8. The van der Waals surface area contributed by atoms with Gasteiger partial charge in [-0.25, -0.2) is 0 Å². The van der Waals surface area contributed by atoms with Gasteiger partial charge in [0.25, 0.3) is 0 Å². The quantitative estimate of drug-likeness (QED) is 0.646. The van der Waals surface area contributed by atoms with Crippen molar-refractivity contribution in [2.24, 2.45) is 11.8 Å². The van der Waals surface area contributed by atoms with Gasteiger partial charge in [0.15, 0.2) is 0 Å². The minimum absolute atomic E-state index is 0.829. The van der Waals surface area contributed by atoms with Crippen molar-refractivity contribution in [1.29, 1.82) is 0 Å². The van der Waals surface area contributed by atoms with E-state index in [9.17, 15) is 0 Å². The monoisotopic (exact) mass is 232 g/mol. The number of benzene rings is 2. The molecule has 0 nitrogen and oxygen atoms in total. The van der Waals surface area contributed by atoms with Crippen LogP contribution in [0.4, 0.5) is 0 Å². The largest absolute Gasteiger partial charge is 0.0620 e. The maximum atomic E-state index is 2.37. The molecule has 0 unspecified atom stereocenters. The van der Waals surface area contributed by atoms with Gasteiger partial charge in [-0.2, -0.15) is 0 Å². The zero-order valence-corrected chi connectivity index (χ0v) is 10.3. The molecule has 2 aromatic carbocycles. The molecule has 3 aliphatic carbocycles. The summed E-state index contributed by atoms with van der Waals surface area (Å²) in [7, 11) is 0. The molecule has 0 heterocycles. The Labute approximate surface area is 108 Å². The highest BCUT2D eigenvalue weighted by Gasteiger charge is 2.57. The van der Waals surface area contributed by atoms with E-state index in [4.69, 9.17) is 0 Å². The fourth-order valence-electron chi connectivity index (χ4n) is 4.92. The van der Waals surface area contributed by atoms with Crippen LogP contribution in [0.15, 0.2) is 48.5 Å². The molecular weight excluding hydrogens is 216 g/mol. The lowest BCUT2D eigenvalue weighted by atomic mass is 9.57. The van der Waals surface area contributed by atoms with Gasteiger partial charge >= 0.3 is 0 Å². The van der Waals surface area contributed by atoms with Gasteiger partial charge in [-0.15, -0.1) is 0 Å². The molecule has 0 saturated heterocycles. The normalized spacial score (nSPS) is 34.2.